The maximum Gasteiger partial charge on any atom is 0.272 e. The van der Waals surface area contributed by atoms with Gasteiger partial charge < -0.3 is 10.0 Å². The van der Waals surface area contributed by atoms with Crippen LogP contribution in [0.15, 0.2) is 18.3 Å². The van der Waals surface area contributed by atoms with Crippen LogP contribution < -0.4 is 0 Å². The van der Waals surface area contributed by atoms with Crippen molar-refractivity contribution in [1.82, 2.24) is 9.88 Å². The number of amides is 1. The monoisotopic (exact) mass is 340 g/mol. The number of nitrogens with zero attached hydrogens (tertiary/aromatic N) is 2. The van der Waals surface area contributed by atoms with Gasteiger partial charge in [0.25, 0.3) is 5.91 Å². The topological polar surface area (TPSA) is 87.6 Å². The Kier molecular flexibility index (Phi) is 5.75. The summed E-state index contributed by atoms with van der Waals surface area (Å²) in [5.41, 5.74) is 1.36. The number of hydrogen-bond donors (Lipinski definition) is 1. The van der Waals surface area contributed by atoms with Gasteiger partial charge in [-0.25, -0.2) is 8.42 Å². The van der Waals surface area contributed by atoms with Gasteiger partial charge in [-0.05, 0) is 31.4 Å². The molecule has 2 atom stereocenters. The molecule has 1 amide bonds. The molecule has 1 fully saturated rings. The van der Waals surface area contributed by atoms with Gasteiger partial charge in [0.2, 0.25) is 0 Å². The van der Waals surface area contributed by atoms with Gasteiger partial charge in [0.05, 0.1) is 23.7 Å². The van der Waals surface area contributed by atoms with Crippen LogP contribution in [0.25, 0.3) is 0 Å². The molecule has 0 aliphatic carbocycles. The van der Waals surface area contributed by atoms with Crippen LogP contribution in [0, 0.1) is 0 Å². The number of unbranched alkanes of at least 4 members (excludes halogenated alkanes) is 1. The van der Waals surface area contributed by atoms with Gasteiger partial charge in [-0.2, -0.15) is 0 Å². The minimum atomic E-state index is -3.30. The van der Waals surface area contributed by atoms with Crippen molar-refractivity contribution in [2.24, 2.45) is 0 Å². The van der Waals surface area contributed by atoms with Crippen molar-refractivity contribution in [3.8, 4) is 0 Å². The van der Waals surface area contributed by atoms with Crippen molar-refractivity contribution >= 4 is 15.7 Å². The number of carbonyl (C=O) groups excluding carboxylic acids is 1. The second-order valence-corrected chi connectivity index (χ2v) is 8.11. The highest BCUT2D eigenvalue weighted by Gasteiger charge is 2.41. The van der Waals surface area contributed by atoms with Crippen molar-refractivity contribution in [2.45, 2.75) is 45.3 Å². The van der Waals surface area contributed by atoms with Crippen molar-refractivity contribution in [1.29, 1.82) is 0 Å². The molecule has 1 aliphatic rings. The SMILES string of the molecule is CCCCc1ccc(C(=O)N(CC)[C@H]2CS(=O)(=O)C[C@@H]2O)nc1. The van der Waals surface area contributed by atoms with E-state index in [0.29, 0.717) is 6.54 Å². The van der Waals surface area contributed by atoms with Gasteiger partial charge in [-0.1, -0.05) is 19.4 Å². The standard InChI is InChI=1S/C16H24N2O4S/c1-3-5-6-12-7-8-13(17-9-12)16(20)18(4-2)14-10-23(21,22)11-15(14)19/h7-9,14-15,19H,3-6,10-11H2,1-2H3/t14-,15-/m0/s1. The molecule has 128 valence electrons. The van der Waals surface area contributed by atoms with E-state index >= 15 is 0 Å². The maximum atomic E-state index is 12.6. The molecule has 0 unspecified atom stereocenters. The van der Waals surface area contributed by atoms with Gasteiger partial charge in [0.1, 0.15) is 5.69 Å². The minimum Gasteiger partial charge on any atom is -0.390 e. The zero-order valence-electron chi connectivity index (χ0n) is 13.6. The Bertz CT molecular complexity index is 643. The smallest absolute Gasteiger partial charge is 0.272 e. The van der Waals surface area contributed by atoms with Gasteiger partial charge >= 0.3 is 0 Å². The highest BCUT2D eigenvalue weighted by Crippen LogP contribution is 2.20. The average molecular weight is 340 g/mol. The molecule has 1 aromatic heterocycles. The number of carbonyl (C=O) groups is 1. The van der Waals surface area contributed by atoms with E-state index in [4.69, 9.17) is 0 Å². The number of aliphatic hydroxyl groups excluding tert-OH is 1. The van der Waals surface area contributed by atoms with Crippen LogP contribution in [0.3, 0.4) is 0 Å². The summed E-state index contributed by atoms with van der Waals surface area (Å²) < 4.78 is 23.3. The Hall–Kier alpha value is -1.47. The molecule has 1 saturated heterocycles. The fourth-order valence-corrected chi connectivity index (χ4v) is 4.66. The number of aliphatic hydroxyl groups is 1. The van der Waals surface area contributed by atoms with Gasteiger partial charge in [-0.15, -0.1) is 0 Å². The van der Waals surface area contributed by atoms with Crippen molar-refractivity contribution in [2.75, 3.05) is 18.1 Å². The Morgan fingerprint density at radius 3 is 2.57 bits per heavy atom. The van der Waals surface area contributed by atoms with Crippen LogP contribution in [-0.4, -0.2) is 59.5 Å². The van der Waals surface area contributed by atoms with Gasteiger partial charge in [-0.3, -0.25) is 9.78 Å². The van der Waals surface area contributed by atoms with Crippen molar-refractivity contribution in [3.05, 3.63) is 29.6 Å². The van der Waals surface area contributed by atoms with E-state index in [1.165, 1.54) is 4.90 Å². The Morgan fingerprint density at radius 2 is 2.09 bits per heavy atom. The van der Waals surface area contributed by atoms with E-state index in [0.717, 1.165) is 24.8 Å². The molecule has 0 saturated carbocycles. The zero-order valence-corrected chi connectivity index (χ0v) is 14.4. The van der Waals surface area contributed by atoms with Crippen LogP contribution >= 0.6 is 0 Å². The lowest BCUT2D eigenvalue weighted by Crippen LogP contribution is -2.46. The van der Waals surface area contributed by atoms with Crippen LogP contribution in [-0.2, 0) is 16.3 Å². The second kappa shape index (κ2) is 7.40. The minimum absolute atomic E-state index is 0.192. The van der Waals surface area contributed by atoms with Gasteiger partial charge in [0, 0.05) is 12.7 Å². The first kappa shape index (κ1) is 17.9. The highest BCUT2D eigenvalue weighted by atomic mass is 32.2. The molecule has 0 radical (unpaired) electrons. The number of likely N-dealkylation sites (N-methyl/N-ethyl adjacent to an activating group) is 1. The summed E-state index contributed by atoms with van der Waals surface area (Å²) in [6.07, 6.45) is 3.75. The summed E-state index contributed by atoms with van der Waals surface area (Å²) in [7, 11) is -3.30. The highest BCUT2D eigenvalue weighted by molar-refractivity contribution is 7.91. The second-order valence-electron chi connectivity index (χ2n) is 5.96. The predicted molar refractivity (Wildman–Crippen MR) is 88.0 cm³/mol. The summed E-state index contributed by atoms with van der Waals surface area (Å²) in [6.45, 7) is 4.21. The summed E-state index contributed by atoms with van der Waals surface area (Å²) in [4.78, 5) is 18.2. The quantitative estimate of drug-likeness (QED) is 0.836. The Balaban J connectivity index is 2.14. The number of hydrogen-bond acceptors (Lipinski definition) is 5. The Morgan fingerprint density at radius 1 is 1.35 bits per heavy atom. The number of sulfone groups is 1. The average Bonchev–Trinajstić information content (AvgIpc) is 2.79. The fourth-order valence-electron chi connectivity index (χ4n) is 2.86. The molecule has 1 N–H and O–H groups in total. The lowest BCUT2D eigenvalue weighted by molar-refractivity contribution is 0.0515. The summed E-state index contributed by atoms with van der Waals surface area (Å²) >= 11 is 0. The lowest BCUT2D eigenvalue weighted by Gasteiger charge is -2.28. The molecule has 2 rings (SSSR count). The predicted octanol–water partition coefficient (Wildman–Crippen LogP) is 1.04. The third kappa shape index (κ3) is 4.29. The van der Waals surface area contributed by atoms with Gasteiger partial charge in [0.15, 0.2) is 9.84 Å². The lowest BCUT2D eigenvalue weighted by atomic mass is 10.1. The Labute approximate surface area is 137 Å². The molecule has 0 spiro atoms. The maximum absolute atomic E-state index is 12.6. The normalized spacial score (nSPS) is 22.9. The van der Waals surface area contributed by atoms with E-state index in [2.05, 4.69) is 11.9 Å². The van der Waals surface area contributed by atoms with E-state index < -0.39 is 22.0 Å². The first-order chi connectivity index (χ1) is 10.9. The molecule has 7 heteroatoms. The zero-order chi connectivity index (χ0) is 17.0. The summed E-state index contributed by atoms with van der Waals surface area (Å²) in [6, 6.07) is 2.86. The number of pyridine rings is 1. The fraction of sp³-hybridized carbons (Fsp3) is 0.625. The number of rotatable bonds is 6. The van der Waals surface area contributed by atoms with E-state index in [1.807, 2.05) is 6.07 Å². The largest absolute Gasteiger partial charge is 0.390 e. The summed E-state index contributed by atoms with van der Waals surface area (Å²) in [5, 5.41) is 9.97. The van der Waals surface area contributed by atoms with Crippen LogP contribution in [0.1, 0.15) is 42.7 Å². The van der Waals surface area contributed by atoms with Crippen molar-refractivity contribution < 1.29 is 18.3 Å². The van der Waals surface area contributed by atoms with Crippen LogP contribution in [0.4, 0.5) is 0 Å². The third-order valence-electron chi connectivity index (χ3n) is 4.16. The first-order valence-electron chi connectivity index (χ1n) is 8.02. The number of aryl methyl sites for hydroxylation is 1. The van der Waals surface area contributed by atoms with Crippen LogP contribution in [0.5, 0.6) is 0 Å². The third-order valence-corrected chi connectivity index (χ3v) is 5.86. The molecule has 1 aliphatic heterocycles. The van der Waals surface area contributed by atoms with Crippen molar-refractivity contribution in [3.63, 3.8) is 0 Å². The van der Waals surface area contributed by atoms with E-state index in [1.54, 1.807) is 19.2 Å². The molecule has 1 aromatic rings. The summed E-state index contributed by atoms with van der Waals surface area (Å²) in [5.74, 6) is -0.816. The molecule has 23 heavy (non-hydrogen) atoms. The molecule has 6 nitrogen and oxygen atoms in total. The molecular formula is C16H24N2O4S. The first-order valence-corrected chi connectivity index (χ1v) is 9.84. The number of aromatic nitrogens is 1. The molecule has 0 aromatic carbocycles. The molecule has 2 heterocycles. The van der Waals surface area contributed by atoms with E-state index in [9.17, 15) is 18.3 Å². The molecule has 0 bridgehead atoms. The van der Waals surface area contributed by atoms with Crippen LogP contribution in [0.2, 0.25) is 0 Å². The van der Waals surface area contributed by atoms with E-state index in [-0.39, 0.29) is 23.1 Å². The molecular weight excluding hydrogens is 316 g/mol.